The molecule has 2 unspecified atom stereocenters. The number of hydrogen-bond donors (Lipinski definition) is 0. The number of ketones is 1. The maximum atomic E-state index is 11.6. The molecule has 0 saturated carbocycles. The Balaban J connectivity index is 0.000000342. The number of aldehydes is 1. The number of likely N-dealkylation sites (tertiary alicyclic amines) is 2. The molecule has 0 N–H and O–H groups in total. The lowest BCUT2D eigenvalue weighted by molar-refractivity contribution is -0.140. The molecule has 2 atom stereocenters. The molecular weight excluding hydrogens is 412 g/mol. The largest absolute Gasteiger partial charge is 0.303 e. The van der Waals surface area contributed by atoms with Crippen molar-refractivity contribution in [1.82, 2.24) is 9.80 Å². The Kier molecular flexibility index (Phi) is 11.1. The Labute approximate surface area is 193 Å². The fourth-order valence-electron chi connectivity index (χ4n) is 3.70. The zero-order valence-corrected chi connectivity index (χ0v) is 19.4. The van der Waals surface area contributed by atoms with Gasteiger partial charge in [0.15, 0.2) is 0 Å². The summed E-state index contributed by atoms with van der Waals surface area (Å²) in [4.78, 5) is 70.2. The number of hydrogen-bond acceptors (Lipinski definition) is 6. The van der Waals surface area contributed by atoms with Gasteiger partial charge in [0.1, 0.15) is 13.4 Å². The first kappa shape index (κ1) is 24.3. The summed E-state index contributed by atoms with van der Waals surface area (Å²) in [6, 6.07) is 0. The third kappa shape index (κ3) is 9.01. The van der Waals surface area contributed by atoms with E-state index in [1.807, 2.05) is 0 Å². The van der Waals surface area contributed by atoms with Gasteiger partial charge in [-0.15, -0.1) is 0 Å². The Bertz CT molecular complexity index is 758. The molecule has 0 aromatic rings. The average molecular weight is 453 g/mol. The van der Waals surface area contributed by atoms with Crippen molar-refractivity contribution in [3.8, 4) is 0 Å². The summed E-state index contributed by atoms with van der Waals surface area (Å²) in [5, 5.41) is 0. The number of amides is 4. The predicted molar refractivity (Wildman–Crippen MR) is 119 cm³/mol. The zero-order chi connectivity index (χ0) is 25.7. The van der Waals surface area contributed by atoms with E-state index in [1.54, 1.807) is 13.8 Å². The van der Waals surface area contributed by atoms with Crippen LogP contribution in [0.15, 0.2) is 0 Å². The minimum atomic E-state index is -0.554. The number of carbonyl (C=O) groups excluding carboxylic acids is 6. The second-order valence-electron chi connectivity index (χ2n) is 8.53. The lowest BCUT2D eigenvalue weighted by Gasteiger charge is -2.13. The van der Waals surface area contributed by atoms with E-state index in [1.165, 1.54) is 9.80 Å². The molecule has 0 aromatic heterocycles. The standard InChI is InChI=1S/C13H21NO3.C11H17NO3/c1-3-11(15)7-5-4-6-8-14-12(16)9-10(2)13(14)17;1-9-8-10(14)12(11(9)15)6-4-2-3-5-7-13/h10H,3-9H2,1-2H3;7,9H,2-6,8H2,1H3/i1D;7D. The molecule has 8 heteroatoms. The van der Waals surface area contributed by atoms with Crippen molar-refractivity contribution in [2.75, 3.05) is 13.1 Å². The molecule has 180 valence electrons. The molecule has 4 amide bonds. The lowest BCUT2D eigenvalue weighted by Crippen LogP contribution is -2.31. The molecular formula is C24H38N2O6. The minimum Gasteiger partial charge on any atom is -0.303 e. The van der Waals surface area contributed by atoms with Crippen LogP contribution in [0.5, 0.6) is 0 Å². The van der Waals surface area contributed by atoms with Crippen molar-refractivity contribution in [2.45, 2.75) is 91.4 Å². The number of nitrogens with zero attached hydrogens (tertiary/aromatic N) is 2. The molecule has 2 heterocycles. The van der Waals surface area contributed by atoms with Gasteiger partial charge in [-0.3, -0.25) is 33.8 Å². The molecule has 2 rings (SSSR count). The van der Waals surface area contributed by atoms with Gasteiger partial charge in [0.05, 0.1) is 0 Å². The van der Waals surface area contributed by atoms with Crippen LogP contribution in [0, 0.1) is 11.8 Å². The van der Waals surface area contributed by atoms with Gasteiger partial charge in [-0.2, -0.15) is 0 Å². The Morgan fingerprint density at radius 2 is 1.41 bits per heavy atom. The third-order valence-corrected chi connectivity index (χ3v) is 5.72. The molecule has 2 saturated heterocycles. The van der Waals surface area contributed by atoms with Gasteiger partial charge < -0.3 is 4.79 Å². The molecule has 0 aliphatic carbocycles. The molecule has 0 bridgehead atoms. The fourth-order valence-corrected chi connectivity index (χ4v) is 3.70. The summed E-state index contributed by atoms with van der Waals surface area (Å²) in [6.45, 7) is 4.63. The van der Waals surface area contributed by atoms with Gasteiger partial charge in [0, 0.05) is 58.4 Å². The molecule has 32 heavy (non-hydrogen) atoms. The first-order valence-corrected chi connectivity index (χ1v) is 11.6. The highest BCUT2D eigenvalue weighted by Gasteiger charge is 2.35. The van der Waals surface area contributed by atoms with Crippen LogP contribution < -0.4 is 0 Å². The number of unbranched alkanes of at least 4 members (excludes halogenated alkanes) is 4. The first-order valence-electron chi connectivity index (χ1n) is 12.8. The third-order valence-electron chi connectivity index (χ3n) is 5.72. The number of rotatable bonds is 13. The Morgan fingerprint density at radius 3 is 1.81 bits per heavy atom. The van der Waals surface area contributed by atoms with Crippen LogP contribution in [0.1, 0.15) is 94.1 Å². The van der Waals surface area contributed by atoms with Crippen LogP contribution in [-0.2, 0) is 28.8 Å². The van der Waals surface area contributed by atoms with Gasteiger partial charge >= 0.3 is 0 Å². The molecule has 8 nitrogen and oxygen atoms in total. The Hall–Kier alpha value is -2.38. The van der Waals surface area contributed by atoms with Crippen molar-refractivity contribution in [3.63, 3.8) is 0 Å². The second kappa shape index (κ2) is 14.6. The highest BCUT2D eigenvalue weighted by atomic mass is 16.2. The van der Waals surface area contributed by atoms with Crippen molar-refractivity contribution < 1.29 is 31.5 Å². The zero-order valence-electron chi connectivity index (χ0n) is 21.4. The highest BCUT2D eigenvalue weighted by Crippen LogP contribution is 2.20. The number of imide groups is 2. The smallest absolute Gasteiger partial charge is 0.232 e. The fraction of sp³-hybridized carbons (Fsp3) is 0.750. The minimum absolute atomic E-state index is 0.0646. The highest BCUT2D eigenvalue weighted by molar-refractivity contribution is 6.03. The van der Waals surface area contributed by atoms with Crippen molar-refractivity contribution in [2.24, 2.45) is 11.8 Å². The predicted octanol–water partition coefficient (Wildman–Crippen LogP) is 3.06. The van der Waals surface area contributed by atoms with Gasteiger partial charge in [0.25, 0.3) is 0 Å². The van der Waals surface area contributed by atoms with Crippen LogP contribution in [-0.4, -0.2) is 58.6 Å². The van der Waals surface area contributed by atoms with Gasteiger partial charge in [-0.25, -0.2) is 0 Å². The topological polar surface area (TPSA) is 109 Å². The lowest BCUT2D eigenvalue weighted by atomic mass is 10.1. The molecule has 2 aliphatic rings. The van der Waals surface area contributed by atoms with E-state index in [-0.39, 0.29) is 54.6 Å². The van der Waals surface area contributed by atoms with Gasteiger partial charge in [-0.05, 0) is 25.7 Å². The molecule has 0 spiro atoms. The van der Waals surface area contributed by atoms with E-state index in [9.17, 15) is 28.8 Å². The van der Waals surface area contributed by atoms with Crippen molar-refractivity contribution >= 4 is 35.7 Å². The van der Waals surface area contributed by atoms with Crippen LogP contribution in [0.2, 0.25) is 0 Å². The molecule has 2 fully saturated rings. The van der Waals surface area contributed by atoms with E-state index in [0.29, 0.717) is 45.2 Å². The van der Waals surface area contributed by atoms with E-state index in [4.69, 9.17) is 2.74 Å². The summed E-state index contributed by atoms with van der Waals surface area (Å²) in [6.07, 6.45) is 5.75. The maximum absolute atomic E-state index is 11.6. The summed E-state index contributed by atoms with van der Waals surface area (Å²) in [5.41, 5.74) is 0. The molecule has 0 radical (unpaired) electrons. The van der Waals surface area contributed by atoms with Crippen LogP contribution in [0.4, 0.5) is 0 Å². The number of Topliss-reactive ketones (excluding diaryl/α,β-unsaturated/α-hetero) is 1. The van der Waals surface area contributed by atoms with Crippen molar-refractivity contribution in [1.29, 1.82) is 0 Å². The SMILES string of the molecule is [2H]C(=O)CCCCCN1C(=O)CC(C)C1=O.[2H]CCC(=O)CCCCCN1C(=O)CC(C)C1=O. The summed E-state index contributed by atoms with van der Waals surface area (Å²) in [7, 11) is 0. The van der Waals surface area contributed by atoms with E-state index >= 15 is 0 Å². The average Bonchev–Trinajstić information content (AvgIpc) is 3.15. The normalized spacial score (nSPS) is 21.4. The summed E-state index contributed by atoms with van der Waals surface area (Å²) in [5.74, 6) is -0.524. The quantitative estimate of drug-likeness (QED) is 0.241. The maximum Gasteiger partial charge on any atom is 0.232 e. The van der Waals surface area contributed by atoms with Gasteiger partial charge in [-0.1, -0.05) is 33.6 Å². The van der Waals surface area contributed by atoms with Crippen LogP contribution >= 0.6 is 0 Å². The number of carbonyl (C=O) groups is 6. The summed E-state index contributed by atoms with van der Waals surface area (Å²) >= 11 is 0. The van der Waals surface area contributed by atoms with Crippen LogP contribution in [0.25, 0.3) is 0 Å². The van der Waals surface area contributed by atoms with Crippen LogP contribution in [0.3, 0.4) is 0 Å². The van der Waals surface area contributed by atoms with E-state index in [2.05, 4.69) is 0 Å². The first-order chi connectivity index (χ1) is 16.1. The van der Waals surface area contributed by atoms with E-state index in [0.717, 1.165) is 32.1 Å². The molecule has 2 aliphatic heterocycles. The van der Waals surface area contributed by atoms with Crippen molar-refractivity contribution in [3.05, 3.63) is 0 Å². The van der Waals surface area contributed by atoms with Gasteiger partial charge in [0.2, 0.25) is 23.6 Å². The Morgan fingerprint density at radius 1 is 0.906 bits per heavy atom. The van der Waals surface area contributed by atoms with E-state index < -0.39 is 6.26 Å². The molecule has 0 aromatic carbocycles. The summed E-state index contributed by atoms with van der Waals surface area (Å²) < 4.78 is 13.6. The monoisotopic (exact) mass is 452 g/mol. The second-order valence-corrected chi connectivity index (χ2v) is 8.53.